The van der Waals surface area contributed by atoms with Gasteiger partial charge in [0.2, 0.25) is 0 Å². The molecule has 0 aliphatic rings. The van der Waals surface area contributed by atoms with Crippen LogP contribution in [0.2, 0.25) is 0 Å². The zero-order valence-corrected chi connectivity index (χ0v) is 14.4. The summed E-state index contributed by atoms with van der Waals surface area (Å²) in [6.07, 6.45) is 2.86. The maximum absolute atomic E-state index is 12.5. The van der Waals surface area contributed by atoms with E-state index in [1.165, 1.54) is 4.68 Å². The molecule has 0 saturated carbocycles. The van der Waals surface area contributed by atoms with E-state index in [9.17, 15) is 9.59 Å². The summed E-state index contributed by atoms with van der Waals surface area (Å²) in [5.74, 6) is 0. The largest absolute Gasteiger partial charge is 0.444 e. The van der Waals surface area contributed by atoms with E-state index in [0.717, 1.165) is 5.56 Å². The number of ether oxygens (including phenoxy) is 1. The summed E-state index contributed by atoms with van der Waals surface area (Å²) < 4.78 is 6.74. The van der Waals surface area contributed by atoms with Gasteiger partial charge in [-0.1, -0.05) is 6.07 Å². The lowest BCUT2D eigenvalue weighted by molar-refractivity contribution is 0.0636. The first kappa shape index (κ1) is 16.8. The van der Waals surface area contributed by atoms with Crippen LogP contribution in [0.5, 0.6) is 0 Å². The highest BCUT2D eigenvalue weighted by Crippen LogP contribution is 2.17. The highest BCUT2D eigenvalue weighted by molar-refractivity contribution is 5.89. The maximum Gasteiger partial charge on any atom is 0.412 e. The number of rotatable bonds is 3. The number of hydrogen-bond acceptors (Lipinski definition) is 4. The predicted octanol–water partition coefficient (Wildman–Crippen LogP) is 3.12. The van der Waals surface area contributed by atoms with Crippen LogP contribution in [0.15, 0.2) is 47.5 Å². The zero-order chi connectivity index (χ0) is 18.0. The van der Waals surface area contributed by atoms with Crippen molar-refractivity contribution in [3.05, 3.63) is 58.6 Å². The summed E-state index contributed by atoms with van der Waals surface area (Å²) in [4.78, 5) is 28.4. The van der Waals surface area contributed by atoms with Crippen molar-refractivity contribution in [1.29, 1.82) is 0 Å². The summed E-state index contributed by atoms with van der Waals surface area (Å²) >= 11 is 0. The van der Waals surface area contributed by atoms with Gasteiger partial charge in [0, 0.05) is 18.1 Å². The lowest BCUT2D eigenvalue weighted by atomic mass is 10.2. The van der Waals surface area contributed by atoms with Gasteiger partial charge in [-0.2, -0.15) is 0 Å². The van der Waals surface area contributed by atoms with Crippen LogP contribution in [0.1, 0.15) is 26.3 Å². The molecule has 25 heavy (non-hydrogen) atoms. The van der Waals surface area contributed by atoms with Crippen molar-refractivity contribution in [2.75, 3.05) is 5.32 Å². The van der Waals surface area contributed by atoms with Crippen LogP contribution in [0.25, 0.3) is 10.9 Å². The summed E-state index contributed by atoms with van der Waals surface area (Å²) in [5, 5.41) is 6.28. The van der Waals surface area contributed by atoms with E-state index >= 15 is 0 Å². The van der Waals surface area contributed by atoms with Gasteiger partial charge in [-0.25, -0.2) is 9.48 Å². The molecule has 0 fully saturated rings. The minimum absolute atomic E-state index is 0.123. The zero-order valence-electron chi connectivity index (χ0n) is 14.4. The van der Waals surface area contributed by atoms with Gasteiger partial charge in [-0.3, -0.25) is 20.2 Å². The van der Waals surface area contributed by atoms with Gasteiger partial charge in [0.1, 0.15) is 5.60 Å². The van der Waals surface area contributed by atoms with Crippen LogP contribution in [-0.4, -0.2) is 26.5 Å². The number of benzene rings is 1. The van der Waals surface area contributed by atoms with E-state index < -0.39 is 11.7 Å². The molecule has 0 saturated heterocycles. The van der Waals surface area contributed by atoms with Crippen molar-refractivity contribution < 1.29 is 9.53 Å². The Morgan fingerprint density at radius 3 is 2.80 bits per heavy atom. The van der Waals surface area contributed by atoms with Crippen LogP contribution < -0.4 is 10.9 Å². The Bertz CT molecular complexity index is 952. The van der Waals surface area contributed by atoms with Gasteiger partial charge < -0.3 is 4.74 Å². The van der Waals surface area contributed by atoms with Crippen molar-refractivity contribution in [3.8, 4) is 0 Å². The number of nitrogens with zero attached hydrogens (tertiary/aromatic N) is 2. The number of H-pyrrole nitrogens is 1. The Balaban J connectivity index is 1.84. The lowest BCUT2D eigenvalue weighted by Crippen LogP contribution is -2.27. The number of fused-ring (bicyclic) bond motifs is 1. The van der Waals surface area contributed by atoms with Crippen LogP contribution in [0.3, 0.4) is 0 Å². The van der Waals surface area contributed by atoms with Gasteiger partial charge in [0.25, 0.3) is 5.56 Å². The fourth-order valence-electron chi connectivity index (χ4n) is 2.45. The quantitative estimate of drug-likeness (QED) is 0.766. The molecule has 0 aliphatic heterocycles. The molecule has 3 rings (SSSR count). The number of amides is 1. The van der Waals surface area contributed by atoms with Crippen LogP contribution in [0, 0.1) is 0 Å². The smallest absolute Gasteiger partial charge is 0.412 e. The Morgan fingerprint density at radius 2 is 2.12 bits per heavy atom. The third-order valence-corrected chi connectivity index (χ3v) is 3.46. The van der Waals surface area contributed by atoms with E-state index in [1.54, 1.807) is 51.4 Å². The van der Waals surface area contributed by atoms with Gasteiger partial charge >= 0.3 is 6.09 Å². The first-order valence-corrected chi connectivity index (χ1v) is 7.93. The molecule has 7 heteroatoms. The van der Waals surface area contributed by atoms with E-state index in [0.29, 0.717) is 23.1 Å². The molecule has 1 aromatic carbocycles. The van der Waals surface area contributed by atoms with Crippen molar-refractivity contribution in [3.63, 3.8) is 0 Å². The Hall–Kier alpha value is -3.09. The molecular formula is C18H20N4O3. The van der Waals surface area contributed by atoms with E-state index in [4.69, 9.17) is 4.74 Å². The first-order valence-electron chi connectivity index (χ1n) is 7.93. The second kappa shape index (κ2) is 6.43. The second-order valence-corrected chi connectivity index (χ2v) is 6.75. The number of hydrogen-bond donors (Lipinski definition) is 2. The fourth-order valence-corrected chi connectivity index (χ4v) is 2.45. The molecule has 7 nitrogen and oxygen atoms in total. The van der Waals surface area contributed by atoms with E-state index in [1.807, 2.05) is 12.1 Å². The summed E-state index contributed by atoms with van der Waals surface area (Å²) in [6, 6.07) is 8.79. The molecule has 0 unspecified atom stereocenters. The summed E-state index contributed by atoms with van der Waals surface area (Å²) in [5.41, 5.74) is 1.42. The molecule has 0 atom stereocenters. The van der Waals surface area contributed by atoms with Crippen LogP contribution in [-0.2, 0) is 11.3 Å². The van der Waals surface area contributed by atoms with Gasteiger partial charge in [-0.05, 0) is 50.6 Å². The number of carbonyl (C=O) groups excluding carboxylic acids is 1. The molecule has 130 valence electrons. The van der Waals surface area contributed by atoms with Gasteiger partial charge in [0.05, 0.1) is 17.4 Å². The Morgan fingerprint density at radius 1 is 1.32 bits per heavy atom. The van der Waals surface area contributed by atoms with E-state index in [-0.39, 0.29) is 5.56 Å². The Labute approximate surface area is 144 Å². The maximum atomic E-state index is 12.5. The molecule has 0 aliphatic carbocycles. The number of anilines is 1. The molecule has 0 spiro atoms. The average molecular weight is 340 g/mol. The topological polar surface area (TPSA) is 89.0 Å². The minimum atomic E-state index is -0.574. The normalized spacial score (nSPS) is 11.5. The number of nitrogens with one attached hydrogen (secondary N) is 2. The average Bonchev–Trinajstić information content (AvgIpc) is 2.82. The fraction of sp³-hybridized carbons (Fsp3) is 0.278. The molecule has 2 aromatic heterocycles. The molecule has 2 N–H and O–H groups in total. The third kappa shape index (κ3) is 4.06. The SMILES string of the molecule is CC(C)(C)OC(=O)Nc1ccc2c(=O)n(Cc3cccnc3)[nH]c2c1. The van der Waals surface area contributed by atoms with Crippen LogP contribution >= 0.6 is 0 Å². The van der Waals surface area contributed by atoms with Crippen molar-refractivity contribution in [1.82, 2.24) is 14.8 Å². The van der Waals surface area contributed by atoms with Gasteiger partial charge in [0.15, 0.2) is 0 Å². The highest BCUT2D eigenvalue weighted by atomic mass is 16.6. The number of aromatic nitrogens is 3. The molecular weight excluding hydrogens is 320 g/mol. The summed E-state index contributed by atoms with van der Waals surface area (Å²) in [6.45, 7) is 5.79. The molecule has 3 aromatic rings. The number of pyridine rings is 1. The minimum Gasteiger partial charge on any atom is -0.444 e. The second-order valence-electron chi connectivity index (χ2n) is 6.75. The third-order valence-electron chi connectivity index (χ3n) is 3.46. The molecule has 0 bridgehead atoms. The van der Waals surface area contributed by atoms with Crippen LogP contribution in [0.4, 0.5) is 10.5 Å². The van der Waals surface area contributed by atoms with Crippen molar-refractivity contribution in [2.24, 2.45) is 0 Å². The van der Waals surface area contributed by atoms with E-state index in [2.05, 4.69) is 15.4 Å². The predicted molar refractivity (Wildman–Crippen MR) is 95.8 cm³/mol. The van der Waals surface area contributed by atoms with Crippen molar-refractivity contribution in [2.45, 2.75) is 32.9 Å². The monoisotopic (exact) mass is 340 g/mol. The lowest BCUT2D eigenvalue weighted by Gasteiger charge is -2.19. The number of aromatic amines is 1. The molecule has 0 radical (unpaired) electrons. The summed E-state index contributed by atoms with van der Waals surface area (Å²) in [7, 11) is 0. The van der Waals surface area contributed by atoms with Crippen molar-refractivity contribution >= 4 is 22.7 Å². The standard InChI is InChI=1S/C18H20N4O3/c1-18(2,3)25-17(24)20-13-6-7-14-15(9-13)21-22(16(14)23)11-12-5-4-8-19-10-12/h4-10,21H,11H2,1-3H3,(H,20,24). The molecule has 1 amide bonds. The number of carbonyl (C=O) groups is 1. The Kier molecular flexibility index (Phi) is 4.31. The van der Waals surface area contributed by atoms with Gasteiger partial charge in [-0.15, -0.1) is 0 Å². The molecule has 2 heterocycles. The first-order chi connectivity index (χ1) is 11.8. The highest BCUT2D eigenvalue weighted by Gasteiger charge is 2.16.